The fourth-order valence-corrected chi connectivity index (χ4v) is 2.46. The molecule has 2 heterocycles. The van der Waals surface area contributed by atoms with E-state index in [9.17, 15) is 0 Å². The molecule has 0 unspecified atom stereocenters. The summed E-state index contributed by atoms with van der Waals surface area (Å²) in [5, 5.41) is 8.50. The van der Waals surface area contributed by atoms with Crippen molar-refractivity contribution in [2.75, 3.05) is 32.7 Å². The van der Waals surface area contributed by atoms with Crippen LogP contribution in [0.1, 0.15) is 25.1 Å². The van der Waals surface area contributed by atoms with Crippen molar-refractivity contribution in [3.05, 3.63) is 18.2 Å². The molecule has 5 heteroatoms. The van der Waals surface area contributed by atoms with Gasteiger partial charge in [-0.25, -0.2) is 4.98 Å². The van der Waals surface area contributed by atoms with Crippen LogP contribution in [0.4, 0.5) is 0 Å². The number of nitriles is 1. The van der Waals surface area contributed by atoms with Crippen molar-refractivity contribution in [3.63, 3.8) is 0 Å². The van der Waals surface area contributed by atoms with E-state index in [4.69, 9.17) is 5.26 Å². The normalized spacial score (nSPS) is 17.5. The number of aryl methyl sites for hydroxylation is 1. The Balaban J connectivity index is 1.65. The van der Waals surface area contributed by atoms with Gasteiger partial charge in [0, 0.05) is 52.0 Å². The topological polar surface area (TPSA) is 48.1 Å². The van der Waals surface area contributed by atoms with E-state index in [1.807, 2.05) is 19.4 Å². The molecule has 0 aliphatic carbocycles. The lowest BCUT2D eigenvalue weighted by atomic mass is 10.2. The van der Waals surface area contributed by atoms with Crippen LogP contribution in [-0.4, -0.2) is 52.1 Å². The zero-order valence-corrected chi connectivity index (χ0v) is 11.8. The van der Waals surface area contributed by atoms with Crippen LogP contribution in [0.15, 0.2) is 12.4 Å². The molecular formula is C14H23N5. The van der Waals surface area contributed by atoms with Gasteiger partial charge in [0.05, 0.1) is 12.6 Å². The van der Waals surface area contributed by atoms with Crippen molar-refractivity contribution < 1.29 is 0 Å². The highest BCUT2D eigenvalue weighted by Gasteiger charge is 2.17. The van der Waals surface area contributed by atoms with E-state index in [1.54, 1.807) is 0 Å². The van der Waals surface area contributed by atoms with Gasteiger partial charge in [0.25, 0.3) is 0 Å². The van der Waals surface area contributed by atoms with Crippen LogP contribution >= 0.6 is 0 Å². The molecule has 0 radical (unpaired) electrons. The molecule has 1 fully saturated rings. The predicted octanol–water partition coefficient (Wildman–Crippen LogP) is 1.23. The Bertz CT molecular complexity index is 412. The smallest absolute Gasteiger partial charge is 0.122 e. The summed E-state index contributed by atoms with van der Waals surface area (Å²) in [6, 6.07) is 2.21. The van der Waals surface area contributed by atoms with Gasteiger partial charge in [-0.15, -0.1) is 0 Å². The molecule has 0 aromatic carbocycles. The van der Waals surface area contributed by atoms with Crippen LogP contribution < -0.4 is 0 Å². The monoisotopic (exact) mass is 261 g/mol. The number of unbranched alkanes of at least 4 members (excludes halogenated alkanes) is 2. The molecule has 5 nitrogen and oxygen atoms in total. The van der Waals surface area contributed by atoms with Crippen LogP contribution in [0.25, 0.3) is 0 Å². The van der Waals surface area contributed by atoms with Gasteiger partial charge in [-0.1, -0.05) is 0 Å². The molecule has 0 bridgehead atoms. The average molecular weight is 261 g/mol. The molecule has 1 aromatic heterocycles. The molecule has 1 aromatic rings. The molecule has 1 aliphatic rings. The van der Waals surface area contributed by atoms with Crippen LogP contribution in [0, 0.1) is 11.3 Å². The SMILES string of the molecule is Cn1ccnc1CN1CCN(CCCCC#N)CC1. The first-order valence-electron chi connectivity index (χ1n) is 7.07. The Hall–Kier alpha value is -1.38. The minimum Gasteiger partial charge on any atom is -0.337 e. The zero-order valence-electron chi connectivity index (χ0n) is 11.8. The standard InChI is InChI=1S/C14H23N5/c1-17-8-6-16-14(17)13-19-11-9-18(10-12-19)7-4-2-3-5-15/h6,8H,2-4,7,9-13H2,1H3. The Kier molecular flexibility index (Phi) is 5.37. The maximum atomic E-state index is 8.50. The number of nitrogens with zero attached hydrogens (tertiary/aromatic N) is 5. The van der Waals surface area contributed by atoms with Crippen molar-refractivity contribution in [1.82, 2.24) is 19.4 Å². The van der Waals surface area contributed by atoms with Crippen LogP contribution in [0.5, 0.6) is 0 Å². The summed E-state index contributed by atoms with van der Waals surface area (Å²) in [6.45, 7) is 6.59. The highest BCUT2D eigenvalue weighted by atomic mass is 15.3. The minimum absolute atomic E-state index is 0.694. The molecule has 1 saturated heterocycles. The van der Waals surface area contributed by atoms with Gasteiger partial charge in [0.2, 0.25) is 0 Å². The van der Waals surface area contributed by atoms with Crippen molar-refractivity contribution >= 4 is 0 Å². The molecular weight excluding hydrogens is 238 g/mol. The molecule has 1 aliphatic heterocycles. The van der Waals surface area contributed by atoms with E-state index in [-0.39, 0.29) is 0 Å². The first kappa shape index (κ1) is 14.0. The van der Waals surface area contributed by atoms with E-state index < -0.39 is 0 Å². The Morgan fingerprint density at radius 3 is 2.58 bits per heavy atom. The quantitative estimate of drug-likeness (QED) is 0.723. The maximum absolute atomic E-state index is 8.50. The van der Waals surface area contributed by atoms with E-state index in [2.05, 4.69) is 25.4 Å². The van der Waals surface area contributed by atoms with Crippen molar-refractivity contribution in [2.24, 2.45) is 7.05 Å². The number of aromatic nitrogens is 2. The average Bonchev–Trinajstić information content (AvgIpc) is 2.82. The Morgan fingerprint density at radius 1 is 1.21 bits per heavy atom. The van der Waals surface area contributed by atoms with E-state index in [0.717, 1.165) is 57.9 Å². The maximum Gasteiger partial charge on any atom is 0.122 e. The molecule has 0 N–H and O–H groups in total. The number of piperazine rings is 1. The highest BCUT2D eigenvalue weighted by Crippen LogP contribution is 2.08. The fourth-order valence-electron chi connectivity index (χ4n) is 2.46. The second kappa shape index (κ2) is 7.27. The van der Waals surface area contributed by atoms with Gasteiger partial charge in [0.1, 0.15) is 5.82 Å². The molecule has 0 amide bonds. The van der Waals surface area contributed by atoms with E-state index in [0.29, 0.717) is 6.42 Å². The summed E-state index contributed by atoms with van der Waals surface area (Å²) in [6.07, 6.45) is 6.73. The molecule has 19 heavy (non-hydrogen) atoms. The Labute approximate surface area is 115 Å². The summed E-state index contributed by atoms with van der Waals surface area (Å²) in [4.78, 5) is 9.35. The first-order valence-corrected chi connectivity index (χ1v) is 7.07. The molecule has 2 rings (SSSR count). The highest BCUT2D eigenvalue weighted by molar-refractivity contribution is 4.91. The molecule has 0 atom stereocenters. The summed E-state index contributed by atoms with van der Waals surface area (Å²) in [5.74, 6) is 1.14. The molecule has 0 spiro atoms. The molecule has 0 saturated carbocycles. The van der Waals surface area contributed by atoms with Crippen molar-refractivity contribution in [3.8, 4) is 6.07 Å². The lowest BCUT2D eigenvalue weighted by Crippen LogP contribution is -2.46. The third-order valence-corrected chi connectivity index (χ3v) is 3.76. The second-order valence-electron chi connectivity index (χ2n) is 5.19. The Morgan fingerprint density at radius 2 is 1.95 bits per heavy atom. The fraction of sp³-hybridized carbons (Fsp3) is 0.714. The number of hydrogen-bond donors (Lipinski definition) is 0. The van der Waals surface area contributed by atoms with E-state index >= 15 is 0 Å². The van der Waals surface area contributed by atoms with Crippen LogP contribution in [-0.2, 0) is 13.6 Å². The van der Waals surface area contributed by atoms with Gasteiger partial charge in [0.15, 0.2) is 0 Å². The predicted molar refractivity (Wildman–Crippen MR) is 74.4 cm³/mol. The largest absolute Gasteiger partial charge is 0.337 e. The van der Waals surface area contributed by atoms with Crippen LogP contribution in [0.2, 0.25) is 0 Å². The summed E-state index contributed by atoms with van der Waals surface area (Å²) < 4.78 is 2.09. The van der Waals surface area contributed by atoms with Gasteiger partial charge < -0.3 is 9.47 Å². The zero-order chi connectivity index (χ0) is 13.5. The van der Waals surface area contributed by atoms with Gasteiger partial charge in [-0.2, -0.15) is 5.26 Å². The van der Waals surface area contributed by atoms with Crippen molar-refractivity contribution in [1.29, 1.82) is 5.26 Å². The summed E-state index contributed by atoms with van der Waals surface area (Å²) in [5.41, 5.74) is 0. The molecule has 104 valence electrons. The lowest BCUT2D eigenvalue weighted by molar-refractivity contribution is 0.123. The number of rotatable bonds is 6. The summed E-state index contributed by atoms with van der Waals surface area (Å²) in [7, 11) is 2.05. The van der Waals surface area contributed by atoms with Gasteiger partial charge in [-0.05, 0) is 19.4 Å². The third-order valence-electron chi connectivity index (χ3n) is 3.76. The minimum atomic E-state index is 0.694. The van der Waals surface area contributed by atoms with Gasteiger partial charge in [-0.3, -0.25) is 4.90 Å². The van der Waals surface area contributed by atoms with E-state index in [1.165, 1.54) is 0 Å². The number of hydrogen-bond acceptors (Lipinski definition) is 4. The van der Waals surface area contributed by atoms with Crippen LogP contribution in [0.3, 0.4) is 0 Å². The second-order valence-corrected chi connectivity index (χ2v) is 5.19. The van der Waals surface area contributed by atoms with Crippen molar-refractivity contribution in [2.45, 2.75) is 25.8 Å². The summed E-state index contributed by atoms with van der Waals surface area (Å²) >= 11 is 0. The third kappa shape index (κ3) is 4.34. The lowest BCUT2D eigenvalue weighted by Gasteiger charge is -2.34. The number of imidazole rings is 1. The first-order chi connectivity index (χ1) is 9.29. The van der Waals surface area contributed by atoms with Gasteiger partial charge >= 0.3 is 0 Å².